The number of hydrogen-bond acceptors (Lipinski definition) is 3. The van der Waals surface area contributed by atoms with Crippen molar-refractivity contribution in [3.63, 3.8) is 0 Å². The molecule has 1 saturated heterocycles. The molecule has 1 heterocycles. The first kappa shape index (κ1) is 14.8. The van der Waals surface area contributed by atoms with Crippen molar-refractivity contribution in [3.8, 4) is 0 Å². The zero-order valence-electron chi connectivity index (χ0n) is 12.1. The summed E-state index contributed by atoms with van der Waals surface area (Å²) in [4.78, 5) is 14.3. The van der Waals surface area contributed by atoms with E-state index in [1.54, 1.807) is 0 Å². The van der Waals surface area contributed by atoms with Crippen LogP contribution >= 0.6 is 0 Å². The molecule has 20 heavy (non-hydrogen) atoms. The van der Waals surface area contributed by atoms with Gasteiger partial charge in [0, 0.05) is 32.7 Å². The second-order valence-corrected chi connectivity index (χ2v) is 5.05. The molecule has 4 nitrogen and oxygen atoms in total. The number of likely N-dealkylation sites (N-methyl/N-ethyl adjacent to an activating group) is 1. The van der Waals surface area contributed by atoms with Crippen molar-refractivity contribution in [1.82, 2.24) is 15.5 Å². The molecule has 1 aromatic rings. The first-order valence-electron chi connectivity index (χ1n) is 7.18. The molecular weight excluding hydrogens is 250 g/mol. The van der Waals surface area contributed by atoms with Gasteiger partial charge in [-0.2, -0.15) is 0 Å². The van der Waals surface area contributed by atoms with Gasteiger partial charge in [0.05, 0.1) is 0 Å². The Labute approximate surface area is 120 Å². The Hall–Kier alpha value is -1.65. The molecule has 1 aliphatic rings. The minimum atomic E-state index is -0.107. The first-order valence-corrected chi connectivity index (χ1v) is 7.18. The van der Waals surface area contributed by atoms with E-state index in [9.17, 15) is 4.79 Å². The third-order valence-corrected chi connectivity index (χ3v) is 3.58. The SMILES string of the molecule is C=C(CN1CCNCC1C(=O)NCC)c1ccccc1. The van der Waals surface area contributed by atoms with Crippen LogP contribution in [0.4, 0.5) is 0 Å². The molecule has 0 radical (unpaired) electrons. The standard InChI is InChI=1S/C16H23N3O/c1-3-18-16(20)15-11-17-9-10-19(15)12-13(2)14-7-5-4-6-8-14/h4-8,15,17H,2-3,9-12H2,1H3,(H,18,20). The van der Waals surface area contributed by atoms with Crippen LogP contribution in [0.2, 0.25) is 0 Å². The second-order valence-electron chi connectivity index (χ2n) is 5.05. The molecule has 2 rings (SSSR count). The number of rotatable bonds is 5. The zero-order chi connectivity index (χ0) is 14.4. The Morgan fingerprint density at radius 2 is 2.20 bits per heavy atom. The maximum absolute atomic E-state index is 12.1. The smallest absolute Gasteiger partial charge is 0.238 e. The number of carbonyl (C=O) groups is 1. The lowest BCUT2D eigenvalue weighted by Crippen LogP contribution is -2.58. The van der Waals surface area contributed by atoms with Crippen molar-refractivity contribution in [2.45, 2.75) is 13.0 Å². The number of nitrogens with zero attached hydrogens (tertiary/aromatic N) is 1. The van der Waals surface area contributed by atoms with Gasteiger partial charge in [-0.1, -0.05) is 36.9 Å². The quantitative estimate of drug-likeness (QED) is 0.845. The lowest BCUT2D eigenvalue weighted by atomic mass is 10.1. The van der Waals surface area contributed by atoms with Crippen LogP contribution in [0, 0.1) is 0 Å². The van der Waals surface area contributed by atoms with Gasteiger partial charge in [0.15, 0.2) is 0 Å². The maximum atomic E-state index is 12.1. The predicted molar refractivity (Wildman–Crippen MR) is 82.4 cm³/mol. The summed E-state index contributed by atoms with van der Waals surface area (Å²) in [5.41, 5.74) is 2.20. The molecule has 1 aromatic carbocycles. The molecule has 1 aliphatic heterocycles. The summed E-state index contributed by atoms with van der Waals surface area (Å²) in [7, 11) is 0. The molecule has 1 atom stereocenters. The van der Waals surface area contributed by atoms with Crippen molar-refractivity contribution in [3.05, 3.63) is 42.5 Å². The Kier molecular flexibility index (Phi) is 5.32. The van der Waals surface area contributed by atoms with E-state index in [0.717, 1.165) is 30.8 Å². The van der Waals surface area contributed by atoms with E-state index < -0.39 is 0 Å². The van der Waals surface area contributed by atoms with Crippen molar-refractivity contribution in [2.24, 2.45) is 0 Å². The summed E-state index contributed by atoms with van der Waals surface area (Å²) in [6, 6.07) is 10.0. The van der Waals surface area contributed by atoms with Crippen molar-refractivity contribution < 1.29 is 4.79 Å². The minimum Gasteiger partial charge on any atom is -0.355 e. The van der Waals surface area contributed by atoms with Crippen molar-refractivity contribution in [2.75, 3.05) is 32.7 Å². The Morgan fingerprint density at radius 3 is 2.90 bits per heavy atom. The fourth-order valence-electron chi connectivity index (χ4n) is 2.50. The predicted octanol–water partition coefficient (Wildman–Crippen LogP) is 1.11. The van der Waals surface area contributed by atoms with Gasteiger partial charge in [0.1, 0.15) is 6.04 Å². The van der Waals surface area contributed by atoms with E-state index >= 15 is 0 Å². The van der Waals surface area contributed by atoms with Gasteiger partial charge in [0.2, 0.25) is 5.91 Å². The topological polar surface area (TPSA) is 44.4 Å². The van der Waals surface area contributed by atoms with Crippen molar-refractivity contribution >= 4 is 11.5 Å². The van der Waals surface area contributed by atoms with Gasteiger partial charge < -0.3 is 10.6 Å². The summed E-state index contributed by atoms with van der Waals surface area (Å²) in [6.07, 6.45) is 0. The highest BCUT2D eigenvalue weighted by Crippen LogP contribution is 2.15. The van der Waals surface area contributed by atoms with Gasteiger partial charge in [0.25, 0.3) is 0 Å². The molecular formula is C16H23N3O. The largest absolute Gasteiger partial charge is 0.355 e. The van der Waals surface area contributed by atoms with Crippen molar-refractivity contribution in [1.29, 1.82) is 0 Å². The van der Waals surface area contributed by atoms with Crippen LogP contribution in [0.25, 0.3) is 5.57 Å². The monoisotopic (exact) mass is 273 g/mol. The van der Waals surface area contributed by atoms with Gasteiger partial charge in [-0.05, 0) is 18.1 Å². The molecule has 0 spiro atoms. The minimum absolute atomic E-state index is 0.0977. The Bertz CT molecular complexity index is 458. The summed E-state index contributed by atoms with van der Waals surface area (Å²) in [5.74, 6) is 0.0977. The molecule has 0 aliphatic carbocycles. The van der Waals surface area contributed by atoms with Gasteiger partial charge in [-0.15, -0.1) is 0 Å². The molecule has 0 saturated carbocycles. The number of piperazine rings is 1. The maximum Gasteiger partial charge on any atom is 0.238 e. The average Bonchev–Trinajstić information content (AvgIpc) is 2.49. The van der Waals surface area contributed by atoms with Crippen LogP contribution in [0.5, 0.6) is 0 Å². The number of nitrogens with one attached hydrogen (secondary N) is 2. The van der Waals surface area contributed by atoms with E-state index in [1.807, 2.05) is 25.1 Å². The highest BCUT2D eigenvalue weighted by atomic mass is 16.2. The number of hydrogen-bond donors (Lipinski definition) is 2. The first-order chi connectivity index (χ1) is 9.72. The lowest BCUT2D eigenvalue weighted by Gasteiger charge is -2.35. The lowest BCUT2D eigenvalue weighted by molar-refractivity contribution is -0.126. The number of amides is 1. The molecule has 1 fully saturated rings. The molecule has 1 amide bonds. The highest BCUT2D eigenvalue weighted by Gasteiger charge is 2.28. The van der Waals surface area contributed by atoms with Gasteiger partial charge >= 0.3 is 0 Å². The van der Waals surface area contributed by atoms with E-state index in [1.165, 1.54) is 0 Å². The molecule has 1 unspecified atom stereocenters. The average molecular weight is 273 g/mol. The van der Waals surface area contributed by atoms with Crippen LogP contribution in [0.15, 0.2) is 36.9 Å². The Morgan fingerprint density at radius 1 is 1.45 bits per heavy atom. The van der Waals surface area contributed by atoms with E-state index in [-0.39, 0.29) is 11.9 Å². The fourth-order valence-corrected chi connectivity index (χ4v) is 2.50. The second kappa shape index (κ2) is 7.22. The fraction of sp³-hybridized carbons (Fsp3) is 0.438. The summed E-state index contributed by atoms with van der Waals surface area (Å²) >= 11 is 0. The van der Waals surface area contributed by atoms with Crippen LogP contribution < -0.4 is 10.6 Å². The molecule has 0 bridgehead atoms. The molecule has 2 N–H and O–H groups in total. The van der Waals surface area contributed by atoms with Crippen LogP contribution in [0.3, 0.4) is 0 Å². The molecule has 108 valence electrons. The van der Waals surface area contributed by atoms with E-state index in [2.05, 4.69) is 34.2 Å². The molecule has 4 heteroatoms. The normalized spacial score (nSPS) is 19.6. The van der Waals surface area contributed by atoms with Gasteiger partial charge in [-0.25, -0.2) is 0 Å². The highest BCUT2D eigenvalue weighted by molar-refractivity contribution is 5.82. The Balaban J connectivity index is 2.02. The van der Waals surface area contributed by atoms with Crippen LogP contribution in [0.1, 0.15) is 12.5 Å². The van der Waals surface area contributed by atoms with Crippen LogP contribution in [-0.4, -0.2) is 49.6 Å². The summed E-state index contributed by atoms with van der Waals surface area (Å²) in [6.45, 7) is 10.00. The summed E-state index contributed by atoms with van der Waals surface area (Å²) in [5, 5.41) is 6.19. The van der Waals surface area contributed by atoms with Crippen LogP contribution in [-0.2, 0) is 4.79 Å². The third-order valence-electron chi connectivity index (χ3n) is 3.58. The number of carbonyl (C=O) groups excluding carboxylic acids is 1. The van der Waals surface area contributed by atoms with Gasteiger partial charge in [-0.3, -0.25) is 9.69 Å². The summed E-state index contributed by atoms with van der Waals surface area (Å²) < 4.78 is 0. The zero-order valence-corrected chi connectivity index (χ0v) is 12.1. The van der Waals surface area contributed by atoms with E-state index in [0.29, 0.717) is 13.1 Å². The molecule has 0 aromatic heterocycles. The number of benzene rings is 1. The third kappa shape index (κ3) is 3.68. The van der Waals surface area contributed by atoms with E-state index in [4.69, 9.17) is 0 Å².